The monoisotopic (exact) mass is 328 g/mol. The first-order valence-electron chi connectivity index (χ1n) is 7.26. The minimum atomic E-state index is -1.00. The Hall–Kier alpha value is -2.41. The van der Waals surface area contributed by atoms with E-state index >= 15 is 0 Å². The number of carbonyl (C=O) groups is 1. The third kappa shape index (κ3) is 2.68. The lowest BCUT2D eigenvalue weighted by Crippen LogP contribution is -2.14. The maximum Gasteiger partial charge on any atom is 0.232 e. The van der Waals surface area contributed by atoms with Gasteiger partial charge in [-0.15, -0.1) is 0 Å². The molecule has 0 spiro atoms. The zero-order valence-electron chi connectivity index (χ0n) is 12.3. The Morgan fingerprint density at radius 1 is 1.39 bits per heavy atom. The molecule has 1 N–H and O–H groups in total. The Labute approximate surface area is 135 Å². The van der Waals surface area contributed by atoms with Crippen LogP contribution in [-0.2, 0) is 4.79 Å². The fraction of sp³-hybridized carbons (Fsp3) is 0.250. The standard InChI is InChI=1S/C16H13FN4OS/c1-8-4-5-18-21-14(8)9-2-3-12-13(6-9)23-16(19-12)20-15(22)10-7-11(10)17/h2-6,10-11H,7H2,1H3,(H,19,20,22). The van der Waals surface area contributed by atoms with E-state index in [1.165, 1.54) is 11.3 Å². The van der Waals surface area contributed by atoms with Gasteiger partial charge in [0.25, 0.3) is 0 Å². The average molecular weight is 328 g/mol. The number of alkyl halides is 1. The second-order valence-corrected chi connectivity index (χ2v) is 6.64. The van der Waals surface area contributed by atoms with Crippen LogP contribution in [0.1, 0.15) is 12.0 Å². The van der Waals surface area contributed by atoms with Crippen molar-refractivity contribution in [1.82, 2.24) is 15.2 Å². The molecule has 2 unspecified atom stereocenters. The zero-order valence-corrected chi connectivity index (χ0v) is 13.1. The van der Waals surface area contributed by atoms with Crippen LogP contribution in [0.25, 0.3) is 21.5 Å². The summed E-state index contributed by atoms with van der Waals surface area (Å²) in [7, 11) is 0. The predicted molar refractivity (Wildman–Crippen MR) is 87.0 cm³/mol. The van der Waals surface area contributed by atoms with Crippen molar-refractivity contribution in [3.63, 3.8) is 0 Å². The van der Waals surface area contributed by atoms with Crippen LogP contribution < -0.4 is 5.32 Å². The maximum absolute atomic E-state index is 12.9. The Balaban J connectivity index is 1.64. The van der Waals surface area contributed by atoms with Gasteiger partial charge in [0.2, 0.25) is 5.91 Å². The van der Waals surface area contributed by atoms with Gasteiger partial charge in [-0.05, 0) is 37.1 Å². The van der Waals surface area contributed by atoms with E-state index in [0.29, 0.717) is 11.6 Å². The first-order chi connectivity index (χ1) is 11.1. The van der Waals surface area contributed by atoms with E-state index in [9.17, 15) is 9.18 Å². The molecule has 5 nitrogen and oxygen atoms in total. The third-order valence-corrected chi connectivity index (χ3v) is 4.80. The van der Waals surface area contributed by atoms with Gasteiger partial charge in [-0.1, -0.05) is 17.4 Å². The Kier molecular flexibility index (Phi) is 3.30. The normalized spacial score (nSPS) is 19.7. The van der Waals surface area contributed by atoms with Crippen LogP contribution in [0.5, 0.6) is 0 Å². The summed E-state index contributed by atoms with van der Waals surface area (Å²) in [5.74, 6) is -0.804. The first-order valence-corrected chi connectivity index (χ1v) is 8.07. The van der Waals surface area contributed by atoms with Crippen molar-refractivity contribution < 1.29 is 9.18 Å². The summed E-state index contributed by atoms with van der Waals surface area (Å²) in [4.78, 5) is 16.2. The number of nitrogens with one attached hydrogen (secondary N) is 1. The van der Waals surface area contributed by atoms with Crippen LogP contribution in [-0.4, -0.2) is 27.3 Å². The van der Waals surface area contributed by atoms with Gasteiger partial charge in [0.15, 0.2) is 5.13 Å². The van der Waals surface area contributed by atoms with Crippen LogP contribution >= 0.6 is 11.3 Å². The van der Waals surface area contributed by atoms with E-state index in [1.54, 1.807) is 6.20 Å². The quantitative estimate of drug-likeness (QED) is 0.800. The molecule has 4 rings (SSSR count). The maximum atomic E-state index is 12.9. The van der Waals surface area contributed by atoms with Crippen molar-refractivity contribution >= 4 is 32.6 Å². The van der Waals surface area contributed by atoms with Gasteiger partial charge in [-0.2, -0.15) is 10.2 Å². The molecule has 1 aliphatic carbocycles. The molecule has 3 aromatic rings. The molecule has 1 saturated carbocycles. The number of aryl methyl sites for hydroxylation is 1. The smallest absolute Gasteiger partial charge is 0.232 e. The number of thiazole rings is 1. The number of anilines is 1. The lowest BCUT2D eigenvalue weighted by molar-refractivity contribution is -0.117. The Bertz CT molecular complexity index is 910. The van der Waals surface area contributed by atoms with Crippen LogP contribution in [0.4, 0.5) is 9.52 Å². The summed E-state index contributed by atoms with van der Waals surface area (Å²) in [5.41, 5.74) is 3.62. The number of nitrogens with zero attached hydrogens (tertiary/aromatic N) is 3. The summed E-state index contributed by atoms with van der Waals surface area (Å²) in [6, 6.07) is 7.71. The highest BCUT2D eigenvalue weighted by molar-refractivity contribution is 7.22. The largest absolute Gasteiger partial charge is 0.302 e. The molecule has 23 heavy (non-hydrogen) atoms. The highest BCUT2D eigenvalue weighted by Gasteiger charge is 2.43. The van der Waals surface area contributed by atoms with Crippen molar-refractivity contribution in [2.24, 2.45) is 5.92 Å². The SMILES string of the molecule is Cc1ccnnc1-c1ccc2nc(NC(=O)C3CC3F)sc2c1. The highest BCUT2D eigenvalue weighted by atomic mass is 32.1. The number of amides is 1. The van der Waals surface area contributed by atoms with Gasteiger partial charge in [-0.25, -0.2) is 9.37 Å². The van der Waals surface area contributed by atoms with Gasteiger partial charge < -0.3 is 5.32 Å². The van der Waals surface area contributed by atoms with Gasteiger partial charge in [0, 0.05) is 11.8 Å². The molecule has 1 fully saturated rings. The number of fused-ring (bicyclic) bond motifs is 1. The zero-order chi connectivity index (χ0) is 16.0. The van der Waals surface area contributed by atoms with Crippen molar-refractivity contribution in [3.05, 3.63) is 36.0 Å². The van der Waals surface area contributed by atoms with Gasteiger partial charge >= 0.3 is 0 Å². The van der Waals surface area contributed by atoms with E-state index in [-0.39, 0.29) is 5.91 Å². The number of rotatable bonds is 3. The molecule has 2 aromatic heterocycles. The lowest BCUT2D eigenvalue weighted by Gasteiger charge is -2.02. The molecule has 0 radical (unpaired) electrons. The number of hydrogen-bond donors (Lipinski definition) is 1. The number of benzene rings is 1. The number of carbonyl (C=O) groups excluding carboxylic acids is 1. The van der Waals surface area contributed by atoms with Crippen LogP contribution in [0.15, 0.2) is 30.5 Å². The van der Waals surface area contributed by atoms with Crippen LogP contribution in [0, 0.1) is 12.8 Å². The molecule has 2 heterocycles. The summed E-state index contributed by atoms with van der Waals surface area (Å²) in [6.45, 7) is 1.98. The highest BCUT2D eigenvalue weighted by Crippen LogP contribution is 2.36. The third-order valence-electron chi connectivity index (χ3n) is 3.86. The minimum Gasteiger partial charge on any atom is -0.302 e. The van der Waals surface area contributed by atoms with E-state index < -0.39 is 12.1 Å². The minimum absolute atomic E-state index is 0.290. The topological polar surface area (TPSA) is 67.8 Å². The van der Waals surface area contributed by atoms with Gasteiger partial charge in [-0.3, -0.25) is 4.79 Å². The van der Waals surface area contributed by atoms with E-state index in [1.807, 2.05) is 31.2 Å². The second kappa shape index (κ2) is 5.34. The first kappa shape index (κ1) is 14.2. The predicted octanol–water partition coefficient (Wildman–Crippen LogP) is 3.36. The number of halogens is 1. The van der Waals surface area contributed by atoms with Crippen molar-refractivity contribution in [3.8, 4) is 11.3 Å². The van der Waals surface area contributed by atoms with Crippen LogP contribution in [0.2, 0.25) is 0 Å². The molecule has 1 amide bonds. The average Bonchev–Trinajstić information content (AvgIpc) is 3.13. The van der Waals surface area contributed by atoms with E-state index in [4.69, 9.17) is 0 Å². The molecule has 0 bridgehead atoms. The fourth-order valence-electron chi connectivity index (χ4n) is 2.44. The van der Waals surface area contributed by atoms with Crippen molar-refractivity contribution in [2.75, 3.05) is 5.32 Å². The fourth-order valence-corrected chi connectivity index (χ4v) is 3.35. The summed E-state index contributed by atoms with van der Waals surface area (Å²) in [5, 5.41) is 11.3. The molecular formula is C16H13FN4OS. The molecule has 1 aromatic carbocycles. The van der Waals surface area contributed by atoms with Gasteiger partial charge in [0.05, 0.1) is 21.8 Å². The molecule has 7 heteroatoms. The number of hydrogen-bond acceptors (Lipinski definition) is 5. The summed E-state index contributed by atoms with van der Waals surface area (Å²) >= 11 is 1.37. The van der Waals surface area contributed by atoms with Gasteiger partial charge in [0.1, 0.15) is 6.17 Å². The van der Waals surface area contributed by atoms with Crippen molar-refractivity contribution in [1.29, 1.82) is 0 Å². The molecule has 1 aliphatic rings. The van der Waals surface area contributed by atoms with Crippen molar-refractivity contribution in [2.45, 2.75) is 19.5 Å². The Morgan fingerprint density at radius 3 is 2.96 bits per heavy atom. The second-order valence-electron chi connectivity index (χ2n) is 5.61. The summed E-state index contributed by atoms with van der Waals surface area (Å²) < 4.78 is 13.9. The molecule has 0 saturated heterocycles. The molecular weight excluding hydrogens is 315 g/mol. The summed E-state index contributed by atoms with van der Waals surface area (Å²) in [6.07, 6.45) is 0.969. The molecule has 116 valence electrons. The molecule has 2 atom stereocenters. The molecule has 0 aliphatic heterocycles. The van der Waals surface area contributed by atoms with Crippen LogP contribution in [0.3, 0.4) is 0 Å². The number of aromatic nitrogens is 3. The van der Waals surface area contributed by atoms with E-state index in [0.717, 1.165) is 27.0 Å². The van der Waals surface area contributed by atoms with E-state index in [2.05, 4.69) is 20.5 Å². The lowest BCUT2D eigenvalue weighted by atomic mass is 10.1. The Morgan fingerprint density at radius 2 is 2.22 bits per heavy atom.